The van der Waals surface area contributed by atoms with Crippen LogP contribution in [0.3, 0.4) is 0 Å². The maximum absolute atomic E-state index is 13.1. The maximum atomic E-state index is 13.1. The summed E-state index contributed by atoms with van der Waals surface area (Å²) in [5, 5.41) is 0. The fourth-order valence-electron chi connectivity index (χ4n) is 2.55. The minimum atomic E-state index is -3.99. The Bertz CT molecular complexity index is 1160. The first-order valence-corrected chi connectivity index (χ1v) is 10.5. The van der Waals surface area contributed by atoms with Crippen LogP contribution in [-0.2, 0) is 21.3 Å². The summed E-state index contributed by atoms with van der Waals surface area (Å²) < 4.78 is 49.5. The second kappa shape index (κ2) is 7.61. The van der Waals surface area contributed by atoms with Crippen LogP contribution < -0.4 is 4.80 Å². The van der Waals surface area contributed by atoms with Crippen molar-refractivity contribution in [3.05, 3.63) is 58.6 Å². The molecular weight excluding hydrogens is 391 g/mol. The summed E-state index contributed by atoms with van der Waals surface area (Å²) in [5.74, 6) is -0.959. The Morgan fingerprint density at radius 3 is 2.52 bits per heavy atom. The molecule has 0 amide bonds. The summed E-state index contributed by atoms with van der Waals surface area (Å²) >= 11 is 1.16. The normalized spacial score (nSPS) is 12.5. The first-order valence-electron chi connectivity index (χ1n) is 8.22. The van der Waals surface area contributed by atoms with Gasteiger partial charge in [0.2, 0.25) is 4.80 Å². The van der Waals surface area contributed by atoms with Gasteiger partial charge in [-0.05, 0) is 56.3 Å². The van der Waals surface area contributed by atoms with E-state index in [1.165, 1.54) is 12.1 Å². The second-order valence-corrected chi connectivity index (χ2v) is 8.17. The predicted octanol–water partition coefficient (Wildman–Crippen LogP) is 3.33. The van der Waals surface area contributed by atoms with E-state index in [0.717, 1.165) is 33.7 Å². The van der Waals surface area contributed by atoms with Gasteiger partial charge >= 0.3 is 5.97 Å². The molecule has 0 N–H and O–H groups in total. The highest BCUT2D eigenvalue weighted by Crippen LogP contribution is 2.21. The zero-order valence-corrected chi connectivity index (χ0v) is 16.3. The lowest BCUT2D eigenvalue weighted by Crippen LogP contribution is -2.16. The quantitative estimate of drug-likeness (QED) is 0.607. The predicted molar refractivity (Wildman–Crippen MR) is 101 cm³/mol. The number of nitrogens with zero attached hydrogens (tertiary/aromatic N) is 2. The lowest BCUT2D eigenvalue weighted by molar-refractivity contribution is 0.0526. The van der Waals surface area contributed by atoms with E-state index in [0.29, 0.717) is 12.1 Å². The van der Waals surface area contributed by atoms with E-state index in [2.05, 4.69) is 4.40 Å². The van der Waals surface area contributed by atoms with Gasteiger partial charge in [0.1, 0.15) is 5.82 Å². The van der Waals surface area contributed by atoms with Gasteiger partial charge in [-0.1, -0.05) is 11.3 Å². The Balaban J connectivity index is 2.14. The monoisotopic (exact) mass is 408 g/mol. The number of aromatic nitrogens is 1. The molecule has 0 radical (unpaired) electrons. The fraction of sp³-hybridized carbons (Fsp3) is 0.222. The van der Waals surface area contributed by atoms with Crippen molar-refractivity contribution in [2.45, 2.75) is 25.3 Å². The van der Waals surface area contributed by atoms with Crippen LogP contribution in [0, 0.1) is 5.82 Å². The lowest BCUT2D eigenvalue weighted by Gasteiger charge is -2.03. The molecule has 0 atom stereocenters. The Labute approximate surface area is 159 Å². The third-order valence-corrected chi connectivity index (χ3v) is 6.26. The standard InChI is InChI=1S/C18H17FN2O4S2/c1-3-21-15-10-5-12(17(22)25-4-2)11-16(15)26-18(21)20-27(23,24)14-8-6-13(19)7-9-14/h5-11H,3-4H2,1-2H3/b20-18-. The molecule has 0 saturated heterocycles. The summed E-state index contributed by atoms with van der Waals surface area (Å²) in [6, 6.07) is 9.54. The molecule has 3 aromatic rings. The van der Waals surface area contributed by atoms with Gasteiger partial charge in [-0.2, -0.15) is 8.42 Å². The van der Waals surface area contributed by atoms with Gasteiger partial charge in [-0.25, -0.2) is 9.18 Å². The van der Waals surface area contributed by atoms with Gasteiger partial charge < -0.3 is 9.30 Å². The van der Waals surface area contributed by atoms with E-state index >= 15 is 0 Å². The van der Waals surface area contributed by atoms with Crippen molar-refractivity contribution in [3.63, 3.8) is 0 Å². The van der Waals surface area contributed by atoms with E-state index in [9.17, 15) is 17.6 Å². The van der Waals surface area contributed by atoms with Crippen LogP contribution in [0.1, 0.15) is 24.2 Å². The molecule has 1 heterocycles. The zero-order valence-electron chi connectivity index (χ0n) is 14.7. The Morgan fingerprint density at radius 2 is 1.89 bits per heavy atom. The van der Waals surface area contributed by atoms with Crippen LogP contribution in [-0.4, -0.2) is 25.6 Å². The van der Waals surface area contributed by atoms with Gasteiger partial charge in [0, 0.05) is 6.54 Å². The number of fused-ring (bicyclic) bond motifs is 1. The van der Waals surface area contributed by atoms with Crippen molar-refractivity contribution in [3.8, 4) is 0 Å². The Morgan fingerprint density at radius 1 is 1.19 bits per heavy atom. The van der Waals surface area contributed by atoms with E-state index < -0.39 is 21.8 Å². The van der Waals surface area contributed by atoms with Crippen LogP contribution >= 0.6 is 11.3 Å². The van der Waals surface area contributed by atoms with E-state index in [-0.39, 0.29) is 16.3 Å². The number of thiazole rings is 1. The van der Waals surface area contributed by atoms with Gasteiger partial charge in [-0.15, -0.1) is 4.40 Å². The maximum Gasteiger partial charge on any atom is 0.338 e. The number of carbonyl (C=O) groups is 1. The van der Waals surface area contributed by atoms with E-state index in [1.54, 1.807) is 29.7 Å². The van der Waals surface area contributed by atoms with Crippen LogP contribution in [0.15, 0.2) is 51.8 Å². The molecule has 0 aliphatic carbocycles. The van der Waals surface area contributed by atoms with E-state index in [4.69, 9.17) is 4.74 Å². The van der Waals surface area contributed by atoms with Gasteiger partial charge in [0.05, 0.1) is 27.3 Å². The number of aryl methyl sites for hydroxylation is 1. The highest BCUT2D eigenvalue weighted by atomic mass is 32.2. The number of carbonyl (C=O) groups excluding carboxylic acids is 1. The van der Waals surface area contributed by atoms with Crippen molar-refractivity contribution < 1.29 is 22.3 Å². The molecule has 0 saturated carbocycles. The van der Waals surface area contributed by atoms with Crippen molar-refractivity contribution in [2.75, 3.05) is 6.61 Å². The molecule has 0 unspecified atom stereocenters. The molecule has 6 nitrogen and oxygen atoms in total. The van der Waals surface area contributed by atoms with Crippen molar-refractivity contribution in [1.29, 1.82) is 0 Å². The zero-order chi connectivity index (χ0) is 19.6. The topological polar surface area (TPSA) is 77.7 Å². The number of benzene rings is 2. The number of hydrogen-bond acceptors (Lipinski definition) is 5. The molecule has 1 aromatic heterocycles. The summed E-state index contributed by atoms with van der Waals surface area (Å²) in [5.41, 5.74) is 1.16. The molecule has 9 heteroatoms. The molecule has 0 bridgehead atoms. The third-order valence-electron chi connectivity index (χ3n) is 3.82. The first-order chi connectivity index (χ1) is 12.9. The van der Waals surface area contributed by atoms with Gasteiger partial charge in [-0.3, -0.25) is 0 Å². The Hall–Kier alpha value is -2.52. The van der Waals surface area contributed by atoms with Gasteiger partial charge in [0.25, 0.3) is 10.0 Å². The third kappa shape index (κ3) is 3.93. The number of rotatable bonds is 5. The largest absolute Gasteiger partial charge is 0.462 e. The minimum absolute atomic E-state index is 0.0868. The number of halogens is 1. The van der Waals surface area contributed by atoms with Crippen LogP contribution in [0.2, 0.25) is 0 Å². The fourth-order valence-corrected chi connectivity index (χ4v) is 4.89. The van der Waals surface area contributed by atoms with Crippen LogP contribution in [0.4, 0.5) is 4.39 Å². The highest BCUT2D eigenvalue weighted by molar-refractivity contribution is 7.90. The molecule has 142 valence electrons. The van der Waals surface area contributed by atoms with Crippen molar-refractivity contribution >= 4 is 37.5 Å². The molecular formula is C18H17FN2O4S2. The Kier molecular flexibility index (Phi) is 5.43. The molecule has 3 rings (SSSR count). The summed E-state index contributed by atoms with van der Waals surface area (Å²) in [4.78, 5) is 12.1. The second-order valence-electron chi connectivity index (χ2n) is 5.55. The van der Waals surface area contributed by atoms with Crippen LogP contribution in [0.25, 0.3) is 10.2 Å². The van der Waals surface area contributed by atoms with Crippen LogP contribution in [0.5, 0.6) is 0 Å². The molecule has 2 aromatic carbocycles. The molecule has 0 fully saturated rings. The average molecular weight is 408 g/mol. The smallest absolute Gasteiger partial charge is 0.338 e. The lowest BCUT2D eigenvalue weighted by atomic mass is 10.2. The summed E-state index contributed by atoms with van der Waals surface area (Å²) in [6.45, 7) is 4.36. The van der Waals surface area contributed by atoms with E-state index in [1.807, 2.05) is 6.92 Å². The highest BCUT2D eigenvalue weighted by Gasteiger charge is 2.16. The number of sulfonamides is 1. The summed E-state index contributed by atoms with van der Waals surface area (Å²) in [6.07, 6.45) is 0. The van der Waals surface area contributed by atoms with Gasteiger partial charge in [0.15, 0.2) is 0 Å². The van der Waals surface area contributed by atoms with Crippen molar-refractivity contribution in [2.24, 2.45) is 4.40 Å². The summed E-state index contributed by atoms with van der Waals surface area (Å²) in [7, 11) is -3.99. The average Bonchev–Trinajstić information content (AvgIpc) is 2.97. The number of hydrogen-bond donors (Lipinski definition) is 0. The molecule has 0 aliphatic rings. The molecule has 27 heavy (non-hydrogen) atoms. The molecule has 0 aliphatic heterocycles. The molecule has 0 spiro atoms. The number of ether oxygens (including phenoxy) is 1. The SMILES string of the molecule is CCOC(=O)c1ccc2c(c1)s/c(=N\S(=O)(=O)c1ccc(F)cc1)n2CC. The minimum Gasteiger partial charge on any atom is -0.462 e. The first kappa shape index (κ1) is 19.2. The van der Waals surface area contributed by atoms with Crippen molar-refractivity contribution in [1.82, 2.24) is 4.57 Å². The number of esters is 1.